The van der Waals surface area contributed by atoms with Gasteiger partial charge in [-0.3, -0.25) is 0 Å². The molecule has 0 aliphatic carbocycles. The van der Waals surface area contributed by atoms with Gasteiger partial charge in [-0.25, -0.2) is 4.79 Å². The first-order chi connectivity index (χ1) is 6.15. The number of carbonyl (C=O) groups is 1. The summed E-state index contributed by atoms with van der Waals surface area (Å²) in [5.41, 5.74) is 1.40. The van der Waals surface area contributed by atoms with E-state index in [4.69, 9.17) is 4.74 Å². The predicted octanol–water partition coefficient (Wildman–Crippen LogP) is 2.63. The minimum absolute atomic E-state index is 0.276. The van der Waals surface area contributed by atoms with E-state index < -0.39 is 0 Å². The predicted molar refractivity (Wildman–Crippen MR) is 54.3 cm³/mol. The van der Waals surface area contributed by atoms with Gasteiger partial charge >= 0.3 is 5.97 Å². The zero-order chi connectivity index (χ0) is 10.3. The first kappa shape index (κ1) is 11.7. The Kier molecular flexibility index (Phi) is 5.60. The Morgan fingerprint density at radius 3 is 2.54 bits per heavy atom. The molecule has 0 heterocycles. The summed E-state index contributed by atoms with van der Waals surface area (Å²) < 4.78 is 4.96. The minimum Gasteiger partial charge on any atom is -0.457 e. The highest BCUT2D eigenvalue weighted by Crippen LogP contribution is 2.02. The van der Waals surface area contributed by atoms with Crippen molar-refractivity contribution in [2.75, 3.05) is 6.61 Å². The second kappa shape index (κ2) is 6.23. The molecule has 0 aromatic rings. The maximum Gasteiger partial charge on any atom is 0.333 e. The third-order valence-corrected chi connectivity index (χ3v) is 1.72. The van der Waals surface area contributed by atoms with Crippen molar-refractivity contribution in [3.05, 3.63) is 36.5 Å². The minimum atomic E-state index is -0.330. The fourth-order valence-corrected chi connectivity index (χ4v) is 0.655. The van der Waals surface area contributed by atoms with Crippen LogP contribution < -0.4 is 0 Å². The number of ether oxygens (including phenoxy) is 1. The number of carbonyl (C=O) groups excluding carboxylic acids is 1. The fraction of sp³-hybridized carbons (Fsp3) is 0.364. The van der Waals surface area contributed by atoms with E-state index in [0.717, 1.165) is 5.57 Å². The first-order valence-electron chi connectivity index (χ1n) is 4.28. The SMILES string of the molecule is C=C/C(=C\C)COC(=O)C(=C)CC. The smallest absolute Gasteiger partial charge is 0.333 e. The number of esters is 1. The van der Waals surface area contributed by atoms with Crippen LogP contribution in [0, 0.1) is 0 Å². The molecule has 0 bridgehead atoms. The van der Waals surface area contributed by atoms with Crippen molar-refractivity contribution in [2.45, 2.75) is 20.3 Å². The molecule has 0 aliphatic rings. The Morgan fingerprint density at radius 1 is 1.54 bits per heavy atom. The second-order valence-electron chi connectivity index (χ2n) is 2.60. The van der Waals surface area contributed by atoms with Crippen molar-refractivity contribution in [1.29, 1.82) is 0 Å². The molecule has 2 nitrogen and oxygen atoms in total. The monoisotopic (exact) mass is 180 g/mol. The van der Waals surface area contributed by atoms with E-state index in [1.807, 2.05) is 19.9 Å². The summed E-state index contributed by atoms with van der Waals surface area (Å²) >= 11 is 0. The Hall–Kier alpha value is -1.31. The van der Waals surface area contributed by atoms with Gasteiger partial charge in [0, 0.05) is 5.57 Å². The van der Waals surface area contributed by atoms with Crippen LogP contribution in [0.2, 0.25) is 0 Å². The van der Waals surface area contributed by atoms with Crippen LogP contribution in [0.4, 0.5) is 0 Å². The van der Waals surface area contributed by atoms with Gasteiger partial charge < -0.3 is 4.74 Å². The third-order valence-electron chi connectivity index (χ3n) is 1.72. The maximum atomic E-state index is 11.1. The summed E-state index contributed by atoms with van der Waals surface area (Å²) in [5, 5.41) is 0. The fourth-order valence-electron chi connectivity index (χ4n) is 0.655. The van der Waals surface area contributed by atoms with Gasteiger partial charge in [-0.2, -0.15) is 0 Å². The van der Waals surface area contributed by atoms with Crippen molar-refractivity contribution >= 4 is 5.97 Å². The zero-order valence-corrected chi connectivity index (χ0v) is 8.30. The molecule has 0 aromatic heterocycles. The zero-order valence-electron chi connectivity index (χ0n) is 8.30. The molecule has 0 rings (SSSR count). The van der Waals surface area contributed by atoms with Crippen LogP contribution in [0.3, 0.4) is 0 Å². The van der Waals surface area contributed by atoms with Crippen molar-refractivity contribution in [3.63, 3.8) is 0 Å². The van der Waals surface area contributed by atoms with E-state index in [1.54, 1.807) is 6.08 Å². The summed E-state index contributed by atoms with van der Waals surface area (Å²) in [6.07, 6.45) is 4.15. The van der Waals surface area contributed by atoms with Gasteiger partial charge in [-0.15, -0.1) is 0 Å². The molecule has 0 atom stereocenters. The average Bonchev–Trinajstić information content (AvgIpc) is 2.17. The van der Waals surface area contributed by atoms with Gasteiger partial charge in [0.15, 0.2) is 0 Å². The Morgan fingerprint density at radius 2 is 2.15 bits per heavy atom. The molecule has 0 fully saturated rings. The molecular formula is C11H16O2. The van der Waals surface area contributed by atoms with Crippen LogP contribution in [0.15, 0.2) is 36.5 Å². The van der Waals surface area contributed by atoms with E-state index in [2.05, 4.69) is 13.2 Å². The largest absolute Gasteiger partial charge is 0.457 e. The first-order valence-corrected chi connectivity index (χ1v) is 4.28. The lowest BCUT2D eigenvalue weighted by Crippen LogP contribution is -2.08. The highest BCUT2D eigenvalue weighted by Gasteiger charge is 2.05. The molecule has 2 heteroatoms. The maximum absolute atomic E-state index is 11.1. The van der Waals surface area contributed by atoms with E-state index in [-0.39, 0.29) is 12.6 Å². The second-order valence-corrected chi connectivity index (χ2v) is 2.60. The highest BCUT2D eigenvalue weighted by atomic mass is 16.5. The van der Waals surface area contributed by atoms with Crippen LogP contribution in [0.1, 0.15) is 20.3 Å². The van der Waals surface area contributed by atoms with Crippen molar-refractivity contribution in [1.82, 2.24) is 0 Å². The molecule has 0 saturated heterocycles. The molecule has 0 aromatic carbocycles. The Balaban J connectivity index is 3.96. The molecule has 0 N–H and O–H groups in total. The van der Waals surface area contributed by atoms with Gasteiger partial charge in [0.1, 0.15) is 6.61 Å². The number of allylic oxidation sites excluding steroid dienone is 1. The van der Waals surface area contributed by atoms with Crippen LogP contribution in [-0.4, -0.2) is 12.6 Å². The average molecular weight is 180 g/mol. The highest BCUT2D eigenvalue weighted by molar-refractivity contribution is 5.87. The molecule has 0 unspecified atom stereocenters. The van der Waals surface area contributed by atoms with Crippen LogP contribution in [-0.2, 0) is 9.53 Å². The summed E-state index contributed by atoms with van der Waals surface area (Å²) in [6.45, 7) is 11.2. The molecule has 0 amide bonds. The Labute approximate surface area is 79.6 Å². The number of rotatable bonds is 5. The molecule has 0 spiro atoms. The number of hydrogen-bond acceptors (Lipinski definition) is 2. The van der Waals surface area contributed by atoms with Crippen molar-refractivity contribution in [2.24, 2.45) is 0 Å². The summed E-state index contributed by atoms with van der Waals surface area (Å²) in [4.78, 5) is 11.1. The summed E-state index contributed by atoms with van der Waals surface area (Å²) in [7, 11) is 0. The van der Waals surface area contributed by atoms with Gasteiger partial charge in [0.2, 0.25) is 0 Å². The summed E-state index contributed by atoms with van der Waals surface area (Å²) in [6, 6.07) is 0. The van der Waals surface area contributed by atoms with Gasteiger partial charge in [0.25, 0.3) is 0 Å². The van der Waals surface area contributed by atoms with E-state index in [1.165, 1.54) is 0 Å². The quantitative estimate of drug-likeness (QED) is 0.369. The van der Waals surface area contributed by atoms with Crippen molar-refractivity contribution < 1.29 is 9.53 Å². The van der Waals surface area contributed by atoms with E-state index in [9.17, 15) is 4.79 Å². The van der Waals surface area contributed by atoms with Crippen LogP contribution in [0.25, 0.3) is 0 Å². The van der Waals surface area contributed by atoms with Gasteiger partial charge in [-0.1, -0.05) is 32.2 Å². The van der Waals surface area contributed by atoms with E-state index in [0.29, 0.717) is 12.0 Å². The lowest BCUT2D eigenvalue weighted by atomic mass is 10.2. The third kappa shape index (κ3) is 4.31. The molecule has 0 saturated carbocycles. The standard InChI is InChI=1S/C11H16O2/c1-5-9(4)11(12)13-8-10(6-2)7-3/h6-7H,2,4-5,8H2,1,3H3/b10-7+. The van der Waals surface area contributed by atoms with Crippen LogP contribution >= 0.6 is 0 Å². The lowest BCUT2D eigenvalue weighted by Gasteiger charge is -2.05. The lowest BCUT2D eigenvalue weighted by molar-refractivity contribution is -0.138. The molecule has 0 radical (unpaired) electrons. The van der Waals surface area contributed by atoms with Gasteiger partial charge in [0.05, 0.1) is 0 Å². The van der Waals surface area contributed by atoms with Crippen molar-refractivity contribution in [3.8, 4) is 0 Å². The summed E-state index contributed by atoms with van der Waals surface area (Å²) in [5.74, 6) is -0.330. The Bertz CT molecular complexity index is 236. The normalized spacial score (nSPS) is 10.8. The van der Waals surface area contributed by atoms with Crippen LogP contribution in [0.5, 0.6) is 0 Å². The van der Waals surface area contributed by atoms with E-state index >= 15 is 0 Å². The molecular weight excluding hydrogens is 164 g/mol. The molecule has 13 heavy (non-hydrogen) atoms. The molecule has 72 valence electrons. The number of hydrogen-bond donors (Lipinski definition) is 0. The molecule has 0 aliphatic heterocycles. The van der Waals surface area contributed by atoms with Gasteiger partial charge in [-0.05, 0) is 18.9 Å². The topological polar surface area (TPSA) is 26.3 Å².